The molecule has 0 spiro atoms. The first-order valence-electron chi connectivity index (χ1n) is 5.22. The van der Waals surface area contributed by atoms with Crippen molar-refractivity contribution in [3.05, 3.63) is 0 Å². The van der Waals surface area contributed by atoms with Gasteiger partial charge in [-0.15, -0.1) is 0 Å². The molecule has 0 saturated heterocycles. The van der Waals surface area contributed by atoms with Gasteiger partial charge in [0.15, 0.2) is 6.29 Å². The molecule has 98 valence electrons. The number of unbranched alkanes of at least 4 members (excludes halogenated alkanes) is 1. The van der Waals surface area contributed by atoms with Gasteiger partial charge < -0.3 is 24.8 Å². The maximum atomic E-state index is 9.07. The van der Waals surface area contributed by atoms with E-state index in [9.17, 15) is 0 Å². The van der Waals surface area contributed by atoms with Crippen LogP contribution in [0.5, 0.6) is 0 Å². The van der Waals surface area contributed by atoms with Crippen LogP contribution >= 0.6 is 0 Å². The van der Waals surface area contributed by atoms with Crippen LogP contribution in [-0.4, -0.2) is 54.0 Å². The van der Waals surface area contributed by atoms with E-state index in [0.717, 1.165) is 19.8 Å². The number of ether oxygens (including phenoxy) is 2. The van der Waals surface area contributed by atoms with Crippen molar-refractivity contribution in [3.63, 3.8) is 0 Å². The van der Waals surface area contributed by atoms with Gasteiger partial charge in [-0.1, -0.05) is 13.3 Å². The van der Waals surface area contributed by atoms with Crippen molar-refractivity contribution < 1.29 is 29.6 Å². The topological polar surface area (TPSA) is 96.2 Å². The zero-order valence-corrected chi connectivity index (χ0v) is 9.89. The molecule has 0 aliphatic carbocycles. The molecule has 6 nitrogen and oxygen atoms in total. The van der Waals surface area contributed by atoms with Crippen LogP contribution in [0, 0.1) is 0 Å². The monoisotopic (exact) mass is 238 g/mol. The van der Waals surface area contributed by atoms with Crippen LogP contribution in [-0.2, 0) is 14.3 Å². The summed E-state index contributed by atoms with van der Waals surface area (Å²) in [5.41, 5.74) is 0. The lowest BCUT2D eigenvalue weighted by molar-refractivity contribution is -0.139. The Hall–Kier alpha value is -0.690. The van der Waals surface area contributed by atoms with E-state index in [1.807, 2.05) is 0 Å². The maximum Gasteiger partial charge on any atom is 0.300 e. The fourth-order valence-electron chi connectivity index (χ4n) is 0.661. The van der Waals surface area contributed by atoms with Gasteiger partial charge in [0.25, 0.3) is 5.97 Å². The molecule has 0 aromatic rings. The van der Waals surface area contributed by atoms with Gasteiger partial charge in [0.05, 0.1) is 19.8 Å². The van der Waals surface area contributed by atoms with Gasteiger partial charge in [-0.05, 0) is 6.42 Å². The Balaban J connectivity index is 0. The van der Waals surface area contributed by atoms with Crippen molar-refractivity contribution in [1.82, 2.24) is 0 Å². The lowest BCUT2D eigenvalue weighted by atomic mass is 10.4. The van der Waals surface area contributed by atoms with Gasteiger partial charge in [0.1, 0.15) is 0 Å². The highest BCUT2D eigenvalue weighted by Crippen LogP contribution is 1.93. The van der Waals surface area contributed by atoms with E-state index in [4.69, 9.17) is 29.6 Å². The zero-order valence-electron chi connectivity index (χ0n) is 9.89. The Kier molecular flexibility index (Phi) is 15.8. The van der Waals surface area contributed by atoms with Gasteiger partial charge in [0.2, 0.25) is 0 Å². The molecule has 6 heteroatoms. The van der Waals surface area contributed by atoms with Crippen LogP contribution in [0.25, 0.3) is 0 Å². The first kappa shape index (κ1) is 17.7. The minimum Gasteiger partial charge on any atom is -0.481 e. The molecule has 0 saturated carbocycles. The first-order chi connectivity index (χ1) is 7.54. The molecule has 0 fully saturated rings. The largest absolute Gasteiger partial charge is 0.481 e. The molecule has 1 unspecified atom stereocenters. The van der Waals surface area contributed by atoms with Crippen LogP contribution in [0.2, 0.25) is 0 Å². The molecule has 0 aliphatic heterocycles. The van der Waals surface area contributed by atoms with Crippen LogP contribution < -0.4 is 0 Å². The van der Waals surface area contributed by atoms with E-state index in [2.05, 4.69) is 6.92 Å². The van der Waals surface area contributed by atoms with Crippen LogP contribution in [0.3, 0.4) is 0 Å². The summed E-state index contributed by atoms with van der Waals surface area (Å²) in [6, 6.07) is 0. The second-order valence-corrected chi connectivity index (χ2v) is 3.00. The highest BCUT2D eigenvalue weighted by atomic mass is 16.6. The number of hydrogen-bond acceptors (Lipinski definition) is 5. The number of aliphatic hydroxyl groups excluding tert-OH is 2. The Labute approximate surface area is 95.8 Å². The van der Waals surface area contributed by atoms with Crippen molar-refractivity contribution in [2.75, 3.05) is 26.4 Å². The van der Waals surface area contributed by atoms with E-state index in [1.165, 1.54) is 0 Å². The van der Waals surface area contributed by atoms with Gasteiger partial charge in [-0.25, -0.2) is 0 Å². The SMILES string of the molecule is CC(=O)O.CCCCOC(O)COCCO. The van der Waals surface area contributed by atoms with Crippen LogP contribution in [0.4, 0.5) is 0 Å². The quantitative estimate of drug-likeness (QED) is 0.413. The number of carboxylic acids is 1. The highest BCUT2D eigenvalue weighted by Gasteiger charge is 2.02. The summed E-state index contributed by atoms with van der Waals surface area (Å²) in [4.78, 5) is 9.00. The standard InChI is InChI=1S/C8H18O4.C2H4O2/c1-2-3-5-12-8(10)7-11-6-4-9;1-2(3)4/h8-10H,2-7H2,1H3;1H3,(H,3,4). The smallest absolute Gasteiger partial charge is 0.300 e. The number of aliphatic carboxylic acids is 1. The second kappa shape index (κ2) is 14.3. The molecule has 0 aromatic heterocycles. The Morgan fingerprint density at radius 1 is 1.38 bits per heavy atom. The summed E-state index contributed by atoms with van der Waals surface area (Å²) in [5, 5.41) is 24.8. The van der Waals surface area contributed by atoms with Crippen molar-refractivity contribution in [1.29, 1.82) is 0 Å². The van der Waals surface area contributed by atoms with Crippen molar-refractivity contribution in [2.45, 2.75) is 33.0 Å². The summed E-state index contributed by atoms with van der Waals surface area (Å²) in [5.74, 6) is -0.833. The minimum atomic E-state index is -0.858. The molecule has 3 N–H and O–H groups in total. The summed E-state index contributed by atoms with van der Waals surface area (Å²) in [6.45, 7) is 4.04. The third-order valence-corrected chi connectivity index (χ3v) is 1.30. The molecular weight excluding hydrogens is 216 g/mol. The average Bonchev–Trinajstić information content (AvgIpc) is 2.18. The third-order valence-electron chi connectivity index (χ3n) is 1.30. The molecule has 0 radical (unpaired) electrons. The molecule has 0 rings (SSSR count). The number of carboxylic acid groups (broad SMARTS) is 1. The summed E-state index contributed by atoms with van der Waals surface area (Å²) >= 11 is 0. The lowest BCUT2D eigenvalue weighted by Gasteiger charge is -2.11. The fraction of sp³-hybridized carbons (Fsp3) is 0.900. The second-order valence-electron chi connectivity index (χ2n) is 3.00. The van der Waals surface area contributed by atoms with E-state index < -0.39 is 12.3 Å². The van der Waals surface area contributed by atoms with Gasteiger partial charge in [-0.2, -0.15) is 0 Å². The number of aliphatic hydroxyl groups is 2. The number of hydrogen-bond donors (Lipinski definition) is 3. The van der Waals surface area contributed by atoms with Crippen molar-refractivity contribution in [2.24, 2.45) is 0 Å². The van der Waals surface area contributed by atoms with Gasteiger partial charge in [-0.3, -0.25) is 4.79 Å². The molecule has 16 heavy (non-hydrogen) atoms. The highest BCUT2D eigenvalue weighted by molar-refractivity contribution is 5.62. The average molecular weight is 238 g/mol. The molecule has 0 amide bonds. The molecule has 0 aliphatic rings. The van der Waals surface area contributed by atoms with E-state index >= 15 is 0 Å². The number of rotatable bonds is 8. The Morgan fingerprint density at radius 3 is 2.38 bits per heavy atom. The van der Waals surface area contributed by atoms with Crippen molar-refractivity contribution >= 4 is 5.97 Å². The summed E-state index contributed by atoms with van der Waals surface area (Å²) < 4.78 is 9.83. The Morgan fingerprint density at radius 2 is 1.94 bits per heavy atom. The van der Waals surface area contributed by atoms with Gasteiger partial charge in [0, 0.05) is 13.5 Å². The van der Waals surface area contributed by atoms with E-state index in [-0.39, 0.29) is 19.8 Å². The molecule has 1 atom stereocenters. The lowest BCUT2D eigenvalue weighted by Crippen LogP contribution is -2.20. The molecular formula is C10H22O6. The normalized spacial score (nSPS) is 11.5. The van der Waals surface area contributed by atoms with E-state index in [0.29, 0.717) is 6.61 Å². The summed E-state index contributed by atoms with van der Waals surface area (Å²) in [7, 11) is 0. The third kappa shape index (κ3) is 23.3. The number of carbonyl (C=O) groups is 1. The fourth-order valence-corrected chi connectivity index (χ4v) is 0.661. The van der Waals surface area contributed by atoms with Crippen LogP contribution in [0.15, 0.2) is 0 Å². The minimum absolute atomic E-state index is 0.0261. The van der Waals surface area contributed by atoms with Gasteiger partial charge >= 0.3 is 0 Å². The zero-order chi connectivity index (χ0) is 12.8. The predicted octanol–water partition coefficient (Wildman–Crippen LogP) is 0.221. The van der Waals surface area contributed by atoms with Crippen molar-refractivity contribution in [3.8, 4) is 0 Å². The molecule has 0 aromatic carbocycles. The Bertz CT molecular complexity index is 136. The maximum absolute atomic E-state index is 9.07. The van der Waals surface area contributed by atoms with Crippen LogP contribution in [0.1, 0.15) is 26.7 Å². The summed E-state index contributed by atoms with van der Waals surface area (Å²) in [6.07, 6.45) is 1.13. The molecule has 0 heterocycles. The first-order valence-corrected chi connectivity index (χ1v) is 5.22. The predicted molar refractivity (Wildman–Crippen MR) is 58.1 cm³/mol. The van der Waals surface area contributed by atoms with E-state index in [1.54, 1.807) is 0 Å². The molecule has 0 bridgehead atoms.